The van der Waals surface area contributed by atoms with Gasteiger partial charge in [0.25, 0.3) is 0 Å². The lowest BCUT2D eigenvalue weighted by Crippen LogP contribution is -2.36. The molecule has 0 radical (unpaired) electrons. The molecule has 11 heavy (non-hydrogen) atoms. The summed E-state index contributed by atoms with van der Waals surface area (Å²) in [6, 6.07) is 0. The molecule has 0 saturated carbocycles. The highest BCUT2D eigenvalue weighted by Crippen LogP contribution is 2.25. The second-order valence-electron chi connectivity index (χ2n) is 2.95. The van der Waals surface area contributed by atoms with Gasteiger partial charge in [0.15, 0.2) is 0 Å². The van der Waals surface area contributed by atoms with Gasteiger partial charge in [-0.2, -0.15) is 5.06 Å². The van der Waals surface area contributed by atoms with Crippen molar-refractivity contribution in [2.75, 3.05) is 6.54 Å². The van der Waals surface area contributed by atoms with Gasteiger partial charge in [-0.05, 0) is 26.2 Å². The third kappa shape index (κ3) is 2.99. The van der Waals surface area contributed by atoms with Crippen LogP contribution in [0.25, 0.3) is 0 Å². The van der Waals surface area contributed by atoms with Crippen LogP contribution in [-0.4, -0.2) is 27.6 Å². The summed E-state index contributed by atoms with van der Waals surface area (Å²) < 4.78 is 0. The average molecular weight is 176 g/mol. The van der Waals surface area contributed by atoms with Crippen LogP contribution >= 0.6 is 11.8 Å². The molecule has 3 nitrogen and oxygen atoms in total. The zero-order valence-electron chi connectivity index (χ0n) is 6.86. The van der Waals surface area contributed by atoms with Crippen molar-refractivity contribution >= 4 is 11.8 Å². The fraction of sp³-hybridized carbons (Fsp3) is 1.00. The normalized spacial score (nSPS) is 30.3. The Hall–Kier alpha value is 0.230. The molecule has 4 heteroatoms. The van der Waals surface area contributed by atoms with Crippen LogP contribution in [0.4, 0.5) is 0 Å². The SMILES string of the molecule is CC(N)SC1CCCCN1O. The molecule has 2 unspecified atom stereocenters. The van der Waals surface area contributed by atoms with Crippen molar-refractivity contribution in [3.05, 3.63) is 0 Å². The predicted molar refractivity (Wildman–Crippen MR) is 47.4 cm³/mol. The average Bonchev–Trinajstić information content (AvgIpc) is 1.93. The molecular formula is C7H16N2OS. The first-order valence-electron chi connectivity index (χ1n) is 4.06. The van der Waals surface area contributed by atoms with E-state index in [9.17, 15) is 5.21 Å². The highest BCUT2D eigenvalue weighted by molar-refractivity contribution is 8.00. The van der Waals surface area contributed by atoms with E-state index in [1.165, 1.54) is 11.5 Å². The lowest BCUT2D eigenvalue weighted by molar-refractivity contribution is -0.115. The molecule has 0 spiro atoms. The first kappa shape index (κ1) is 9.32. The zero-order chi connectivity index (χ0) is 8.27. The summed E-state index contributed by atoms with van der Waals surface area (Å²) >= 11 is 1.64. The minimum atomic E-state index is 0.118. The largest absolute Gasteiger partial charge is 0.320 e. The summed E-state index contributed by atoms with van der Waals surface area (Å²) in [6.07, 6.45) is 3.37. The number of thioether (sulfide) groups is 1. The number of hydrogen-bond donors (Lipinski definition) is 2. The van der Waals surface area contributed by atoms with Gasteiger partial charge < -0.3 is 10.9 Å². The topological polar surface area (TPSA) is 49.5 Å². The van der Waals surface area contributed by atoms with Crippen molar-refractivity contribution in [3.63, 3.8) is 0 Å². The zero-order valence-corrected chi connectivity index (χ0v) is 7.68. The van der Waals surface area contributed by atoms with Crippen molar-refractivity contribution in [2.45, 2.75) is 36.9 Å². The number of hydroxylamine groups is 2. The number of nitrogens with two attached hydrogens (primary N) is 1. The minimum Gasteiger partial charge on any atom is -0.320 e. The molecule has 1 saturated heterocycles. The summed E-state index contributed by atoms with van der Waals surface area (Å²) in [5.41, 5.74) is 5.61. The summed E-state index contributed by atoms with van der Waals surface area (Å²) in [5, 5.41) is 11.1. The third-order valence-corrected chi connectivity index (χ3v) is 3.01. The van der Waals surface area contributed by atoms with E-state index in [-0.39, 0.29) is 10.7 Å². The monoisotopic (exact) mass is 176 g/mol. The summed E-state index contributed by atoms with van der Waals surface area (Å²) in [4.78, 5) is 0. The first-order chi connectivity index (χ1) is 5.20. The van der Waals surface area contributed by atoms with E-state index in [1.807, 2.05) is 6.92 Å². The molecular weight excluding hydrogens is 160 g/mol. The number of nitrogens with zero attached hydrogens (tertiary/aromatic N) is 1. The van der Waals surface area contributed by atoms with Gasteiger partial charge in [0, 0.05) is 11.9 Å². The smallest absolute Gasteiger partial charge is 0.0818 e. The van der Waals surface area contributed by atoms with Crippen LogP contribution in [0.5, 0.6) is 0 Å². The second kappa shape index (κ2) is 4.30. The molecule has 1 aliphatic rings. The van der Waals surface area contributed by atoms with E-state index in [1.54, 1.807) is 11.8 Å². The van der Waals surface area contributed by atoms with Gasteiger partial charge in [-0.25, -0.2) is 0 Å². The van der Waals surface area contributed by atoms with Crippen LogP contribution in [0.1, 0.15) is 26.2 Å². The Bertz CT molecular complexity index is 121. The van der Waals surface area contributed by atoms with Crippen molar-refractivity contribution in [3.8, 4) is 0 Å². The van der Waals surface area contributed by atoms with Gasteiger partial charge in [-0.1, -0.05) is 0 Å². The number of piperidine rings is 1. The van der Waals surface area contributed by atoms with Crippen molar-refractivity contribution in [1.82, 2.24) is 5.06 Å². The Morgan fingerprint density at radius 3 is 2.91 bits per heavy atom. The molecule has 2 atom stereocenters. The molecule has 3 N–H and O–H groups in total. The van der Waals surface area contributed by atoms with Crippen molar-refractivity contribution in [1.29, 1.82) is 0 Å². The highest BCUT2D eigenvalue weighted by atomic mass is 32.2. The summed E-state index contributed by atoms with van der Waals surface area (Å²) in [5.74, 6) is 0. The lowest BCUT2D eigenvalue weighted by atomic mass is 10.2. The van der Waals surface area contributed by atoms with Gasteiger partial charge in [0.05, 0.1) is 5.37 Å². The maximum Gasteiger partial charge on any atom is 0.0818 e. The van der Waals surface area contributed by atoms with E-state index < -0.39 is 0 Å². The van der Waals surface area contributed by atoms with E-state index in [2.05, 4.69) is 0 Å². The molecule has 0 aromatic heterocycles. The summed E-state index contributed by atoms with van der Waals surface area (Å²) in [6.45, 7) is 2.75. The van der Waals surface area contributed by atoms with Crippen LogP contribution in [0.3, 0.4) is 0 Å². The van der Waals surface area contributed by atoms with E-state index >= 15 is 0 Å². The van der Waals surface area contributed by atoms with E-state index in [4.69, 9.17) is 5.73 Å². The third-order valence-electron chi connectivity index (χ3n) is 1.79. The van der Waals surface area contributed by atoms with Gasteiger partial charge >= 0.3 is 0 Å². The molecule has 0 amide bonds. The predicted octanol–water partition coefficient (Wildman–Crippen LogP) is 1.23. The van der Waals surface area contributed by atoms with E-state index in [0.29, 0.717) is 0 Å². The lowest BCUT2D eigenvalue weighted by Gasteiger charge is -2.30. The molecule has 66 valence electrons. The molecule has 0 aromatic rings. The van der Waals surface area contributed by atoms with Crippen molar-refractivity contribution < 1.29 is 5.21 Å². The molecule has 0 bridgehead atoms. The van der Waals surface area contributed by atoms with Gasteiger partial charge in [-0.3, -0.25) is 0 Å². The standard InChI is InChI=1S/C7H16N2OS/c1-6(8)11-7-4-2-3-5-9(7)10/h6-7,10H,2-5,8H2,1H3. The summed E-state index contributed by atoms with van der Waals surface area (Å²) in [7, 11) is 0. The molecule has 1 fully saturated rings. The Balaban J connectivity index is 2.29. The van der Waals surface area contributed by atoms with Crippen LogP contribution < -0.4 is 5.73 Å². The number of rotatable bonds is 2. The Morgan fingerprint density at radius 1 is 1.64 bits per heavy atom. The Labute approximate surface area is 71.9 Å². The van der Waals surface area contributed by atoms with Crippen molar-refractivity contribution in [2.24, 2.45) is 5.73 Å². The van der Waals surface area contributed by atoms with Gasteiger partial charge in [0.2, 0.25) is 0 Å². The van der Waals surface area contributed by atoms with Gasteiger partial charge in [0.1, 0.15) is 0 Å². The Morgan fingerprint density at radius 2 is 2.36 bits per heavy atom. The maximum atomic E-state index is 9.37. The molecule has 1 rings (SSSR count). The van der Waals surface area contributed by atoms with Crippen LogP contribution in [0.2, 0.25) is 0 Å². The van der Waals surface area contributed by atoms with Crippen LogP contribution in [0.15, 0.2) is 0 Å². The van der Waals surface area contributed by atoms with E-state index in [0.717, 1.165) is 19.4 Å². The highest BCUT2D eigenvalue weighted by Gasteiger charge is 2.21. The molecule has 1 heterocycles. The van der Waals surface area contributed by atoms with Crippen LogP contribution in [-0.2, 0) is 0 Å². The molecule has 0 aromatic carbocycles. The molecule has 0 aliphatic carbocycles. The fourth-order valence-electron chi connectivity index (χ4n) is 1.27. The minimum absolute atomic E-state index is 0.118. The fourth-order valence-corrected chi connectivity index (χ4v) is 2.32. The van der Waals surface area contributed by atoms with Crippen LogP contribution in [0, 0.1) is 0 Å². The number of hydrogen-bond acceptors (Lipinski definition) is 4. The first-order valence-corrected chi connectivity index (χ1v) is 5.01. The maximum absolute atomic E-state index is 9.37. The second-order valence-corrected chi connectivity index (χ2v) is 4.51. The van der Waals surface area contributed by atoms with Gasteiger partial charge in [-0.15, -0.1) is 11.8 Å². The quantitative estimate of drug-likeness (QED) is 0.621. The Kier molecular flexibility index (Phi) is 3.65. The molecule has 1 aliphatic heterocycles.